The average molecular weight is 386 g/mol. The van der Waals surface area contributed by atoms with Crippen LogP contribution in [0.4, 0.5) is 18.9 Å². The Balaban J connectivity index is 1.88. The molecule has 0 aromatic heterocycles. The molecule has 2 aromatic rings. The molecule has 146 valence electrons. The molecule has 6 heteroatoms. The van der Waals surface area contributed by atoms with Gasteiger partial charge in [-0.3, -0.25) is 4.79 Å². The summed E-state index contributed by atoms with van der Waals surface area (Å²) in [6.07, 6.45) is 0.828. The first-order chi connectivity index (χ1) is 13.3. The number of alkyl halides is 3. The number of piperazine rings is 1. The molecule has 3 nitrogen and oxygen atoms in total. The van der Waals surface area contributed by atoms with Crippen LogP contribution in [0, 0.1) is 12.3 Å². The first kappa shape index (κ1) is 20.0. The highest BCUT2D eigenvalue weighted by atomic mass is 19.4. The molecule has 3 rings (SSSR count). The lowest BCUT2D eigenvalue weighted by atomic mass is 9.98. The molecule has 0 atom stereocenters. The Bertz CT molecular complexity index is 907. The van der Waals surface area contributed by atoms with Crippen LogP contribution in [0.15, 0.2) is 42.5 Å². The smallest absolute Gasteiger partial charge is 0.368 e. The van der Waals surface area contributed by atoms with Crippen molar-refractivity contribution in [3.8, 4) is 12.3 Å². The number of hydrogen-bond acceptors (Lipinski definition) is 3. The summed E-state index contributed by atoms with van der Waals surface area (Å²) in [4.78, 5) is 16.4. The van der Waals surface area contributed by atoms with Gasteiger partial charge in [0.25, 0.3) is 0 Å². The monoisotopic (exact) mass is 386 g/mol. The number of nitrogens with zero attached hydrogens (tertiary/aromatic N) is 2. The van der Waals surface area contributed by atoms with Crippen LogP contribution in [0.25, 0.3) is 0 Å². The van der Waals surface area contributed by atoms with Crippen molar-refractivity contribution in [3.05, 3.63) is 64.7 Å². The molecular weight excluding hydrogens is 365 g/mol. The molecule has 2 aromatic carbocycles. The minimum Gasteiger partial charge on any atom is -0.368 e. The second kappa shape index (κ2) is 8.07. The van der Waals surface area contributed by atoms with Gasteiger partial charge in [-0.1, -0.05) is 18.1 Å². The van der Waals surface area contributed by atoms with E-state index in [0.717, 1.165) is 6.07 Å². The molecule has 1 heterocycles. The number of halogens is 3. The summed E-state index contributed by atoms with van der Waals surface area (Å²) in [7, 11) is 1.94. The van der Waals surface area contributed by atoms with Gasteiger partial charge in [0, 0.05) is 49.4 Å². The van der Waals surface area contributed by atoms with E-state index >= 15 is 0 Å². The maximum absolute atomic E-state index is 13.7. The van der Waals surface area contributed by atoms with E-state index in [1.54, 1.807) is 29.2 Å². The van der Waals surface area contributed by atoms with Gasteiger partial charge in [-0.15, -0.1) is 6.42 Å². The average Bonchev–Trinajstić information content (AvgIpc) is 2.67. The Kier molecular flexibility index (Phi) is 5.76. The quantitative estimate of drug-likeness (QED) is 0.589. The molecule has 0 radical (unpaired) electrons. The summed E-state index contributed by atoms with van der Waals surface area (Å²) in [5, 5.41) is 0. The molecule has 0 bridgehead atoms. The van der Waals surface area contributed by atoms with E-state index in [2.05, 4.69) is 10.8 Å². The zero-order valence-corrected chi connectivity index (χ0v) is 15.6. The Morgan fingerprint density at radius 3 is 2.46 bits per heavy atom. The second-order valence-electron chi connectivity index (χ2n) is 6.96. The van der Waals surface area contributed by atoms with Crippen LogP contribution in [0.1, 0.15) is 27.0 Å². The SMILES string of the molecule is C#Cc1cccc(CC(=O)c2ccc(N3CCN(C)CC3)c(C(F)(F)F)c2)c1. The number of benzene rings is 2. The van der Waals surface area contributed by atoms with Crippen LogP contribution < -0.4 is 4.90 Å². The zero-order chi connectivity index (χ0) is 20.3. The number of carbonyl (C=O) groups excluding carboxylic acids is 1. The van der Waals surface area contributed by atoms with Crippen molar-refractivity contribution in [1.82, 2.24) is 4.90 Å². The van der Waals surface area contributed by atoms with E-state index in [1.165, 1.54) is 12.1 Å². The molecule has 1 aliphatic rings. The minimum atomic E-state index is -4.53. The Hall–Kier alpha value is -2.78. The summed E-state index contributed by atoms with van der Waals surface area (Å²) in [6.45, 7) is 2.44. The number of terminal acetylenes is 1. The fourth-order valence-electron chi connectivity index (χ4n) is 3.32. The van der Waals surface area contributed by atoms with Gasteiger partial charge < -0.3 is 9.80 Å². The molecule has 0 aliphatic carbocycles. The van der Waals surface area contributed by atoms with E-state index in [4.69, 9.17) is 6.42 Å². The summed E-state index contributed by atoms with van der Waals surface area (Å²) in [5.41, 5.74) is 0.729. The van der Waals surface area contributed by atoms with Gasteiger partial charge in [0.1, 0.15) is 0 Å². The topological polar surface area (TPSA) is 23.6 Å². The lowest BCUT2D eigenvalue weighted by Crippen LogP contribution is -2.45. The number of anilines is 1. The maximum atomic E-state index is 13.7. The van der Waals surface area contributed by atoms with Gasteiger partial charge in [-0.2, -0.15) is 13.2 Å². The third-order valence-electron chi connectivity index (χ3n) is 4.93. The van der Waals surface area contributed by atoms with Gasteiger partial charge in [-0.05, 0) is 42.9 Å². The van der Waals surface area contributed by atoms with Gasteiger partial charge in [0.2, 0.25) is 0 Å². The molecular formula is C22H21F3N2O. The molecule has 0 spiro atoms. The van der Waals surface area contributed by atoms with Crippen molar-refractivity contribution in [2.45, 2.75) is 12.6 Å². The standard InChI is InChI=1S/C22H21F3N2O/c1-3-16-5-4-6-17(13-16)14-21(28)18-7-8-20(19(15-18)22(23,24)25)27-11-9-26(2)10-12-27/h1,4-8,13,15H,9-12,14H2,2H3. The van der Waals surface area contributed by atoms with Crippen LogP contribution in [0.5, 0.6) is 0 Å². The fraction of sp³-hybridized carbons (Fsp3) is 0.318. The fourth-order valence-corrected chi connectivity index (χ4v) is 3.32. The highest BCUT2D eigenvalue weighted by Gasteiger charge is 2.36. The molecule has 1 aliphatic heterocycles. The molecule has 0 saturated carbocycles. The second-order valence-corrected chi connectivity index (χ2v) is 6.96. The highest BCUT2D eigenvalue weighted by Crippen LogP contribution is 2.37. The number of rotatable bonds is 4. The van der Waals surface area contributed by atoms with Gasteiger partial charge in [-0.25, -0.2) is 0 Å². The molecule has 28 heavy (non-hydrogen) atoms. The zero-order valence-electron chi connectivity index (χ0n) is 15.6. The third kappa shape index (κ3) is 4.55. The van der Waals surface area contributed by atoms with Crippen molar-refractivity contribution in [2.75, 3.05) is 38.1 Å². The van der Waals surface area contributed by atoms with E-state index in [-0.39, 0.29) is 23.5 Å². The van der Waals surface area contributed by atoms with Crippen molar-refractivity contribution < 1.29 is 18.0 Å². The first-order valence-corrected chi connectivity index (χ1v) is 9.01. The molecule has 1 fully saturated rings. The highest BCUT2D eigenvalue weighted by molar-refractivity contribution is 5.98. The van der Waals surface area contributed by atoms with Crippen LogP contribution in [0.2, 0.25) is 0 Å². The lowest BCUT2D eigenvalue weighted by Gasteiger charge is -2.35. The predicted octanol–water partition coefficient (Wildman–Crippen LogP) is 3.86. The van der Waals surface area contributed by atoms with Crippen LogP contribution in [-0.4, -0.2) is 43.9 Å². The molecule has 0 N–H and O–H groups in total. The predicted molar refractivity (Wildman–Crippen MR) is 104 cm³/mol. The van der Waals surface area contributed by atoms with Gasteiger partial charge >= 0.3 is 6.18 Å². The van der Waals surface area contributed by atoms with Crippen molar-refractivity contribution in [1.29, 1.82) is 0 Å². The van der Waals surface area contributed by atoms with Crippen molar-refractivity contribution >= 4 is 11.5 Å². The van der Waals surface area contributed by atoms with Crippen LogP contribution in [-0.2, 0) is 12.6 Å². The molecule has 1 saturated heterocycles. The number of ketones is 1. The van der Waals surface area contributed by atoms with E-state index < -0.39 is 11.7 Å². The van der Waals surface area contributed by atoms with Gasteiger partial charge in [0.15, 0.2) is 5.78 Å². The van der Waals surface area contributed by atoms with E-state index in [1.807, 2.05) is 7.05 Å². The first-order valence-electron chi connectivity index (χ1n) is 9.01. The Labute approximate surface area is 162 Å². The molecule has 0 amide bonds. The number of likely N-dealkylation sites (N-methyl/N-ethyl adjacent to an activating group) is 1. The summed E-state index contributed by atoms with van der Waals surface area (Å²) in [6, 6.07) is 10.8. The Morgan fingerprint density at radius 1 is 1.11 bits per heavy atom. The minimum absolute atomic E-state index is 0.000667. The Morgan fingerprint density at radius 2 is 1.82 bits per heavy atom. The van der Waals surface area contributed by atoms with Crippen LogP contribution in [0.3, 0.4) is 0 Å². The van der Waals surface area contributed by atoms with Crippen LogP contribution >= 0.6 is 0 Å². The largest absolute Gasteiger partial charge is 0.418 e. The maximum Gasteiger partial charge on any atom is 0.418 e. The number of carbonyl (C=O) groups is 1. The summed E-state index contributed by atoms with van der Waals surface area (Å²) in [5.74, 6) is 2.12. The molecule has 0 unspecified atom stereocenters. The van der Waals surface area contributed by atoms with Crippen molar-refractivity contribution in [3.63, 3.8) is 0 Å². The lowest BCUT2D eigenvalue weighted by molar-refractivity contribution is -0.137. The van der Waals surface area contributed by atoms with Gasteiger partial charge in [0.05, 0.1) is 5.56 Å². The van der Waals surface area contributed by atoms with Crippen molar-refractivity contribution in [2.24, 2.45) is 0 Å². The summed E-state index contributed by atoms with van der Waals surface area (Å²) < 4.78 is 41.0. The number of Topliss-reactive ketones (excluding diaryl/α,β-unsaturated/α-hetero) is 1. The normalized spacial score (nSPS) is 15.3. The van der Waals surface area contributed by atoms with E-state index in [0.29, 0.717) is 37.3 Å². The van der Waals surface area contributed by atoms with E-state index in [9.17, 15) is 18.0 Å². The summed E-state index contributed by atoms with van der Waals surface area (Å²) >= 11 is 0. The number of hydrogen-bond donors (Lipinski definition) is 0. The third-order valence-corrected chi connectivity index (χ3v) is 4.93.